The van der Waals surface area contributed by atoms with Crippen LogP contribution in [0.1, 0.15) is 29.5 Å². The molecule has 176 valence electrons. The Labute approximate surface area is 198 Å². The fourth-order valence-corrected chi connectivity index (χ4v) is 6.12. The summed E-state index contributed by atoms with van der Waals surface area (Å²) < 4.78 is 38.4. The van der Waals surface area contributed by atoms with Crippen molar-refractivity contribution in [1.82, 2.24) is 9.21 Å². The number of piperidine rings is 1. The van der Waals surface area contributed by atoms with E-state index in [2.05, 4.69) is 17.0 Å². The van der Waals surface area contributed by atoms with Crippen LogP contribution in [-0.2, 0) is 23.0 Å². The van der Waals surface area contributed by atoms with Gasteiger partial charge < -0.3 is 9.47 Å². The lowest BCUT2D eigenvalue weighted by Crippen LogP contribution is -2.42. The highest BCUT2D eigenvalue weighted by Gasteiger charge is 2.30. The van der Waals surface area contributed by atoms with Gasteiger partial charge in [-0.25, -0.2) is 8.42 Å². The van der Waals surface area contributed by atoms with Crippen molar-refractivity contribution in [1.29, 1.82) is 0 Å². The van der Waals surface area contributed by atoms with Crippen molar-refractivity contribution in [2.45, 2.75) is 37.6 Å². The third-order valence-electron chi connectivity index (χ3n) is 6.55. The normalized spacial score (nSPS) is 18.0. The van der Waals surface area contributed by atoms with E-state index in [-0.39, 0.29) is 12.4 Å². The summed E-state index contributed by atoms with van der Waals surface area (Å²) in [5.41, 5.74) is 3.69. The maximum absolute atomic E-state index is 12.9. The van der Waals surface area contributed by atoms with Gasteiger partial charge in [0.15, 0.2) is 11.5 Å². The van der Waals surface area contributed by atoms with Crippen LogP contribution >= 0.6 is 12.4 Å². The number of methoxy groups -OCH3 is 2. The van der Waals surface area contributed by atoms with Crippen molar-refractivity contribution < 1.29 is 17.9 Å². The van der Waals surface area contributed by atoms with Gasteiger partial charge in [0, 0.05) is 32.7 Å². The topological polar surface area (TPSA) is 59.1 Å². The van der Waals surface area contributed by atoms with Gasteiger partial charge in [0.05, 0.1) is 19.1 Å². The lowest BCUT2D eigenvalue weighted by atomic mass is 9.94. The molecule has 1 fully saturated rings. The van der Waals surface area contributed by atoms with Crippen molar-refractivity contribution in [3.8, 4) is 11.5 Å². The van der Waals surface area contributed by atoms with Crippen LogP contribution in [0.5, 0.6) is 11.5 Å². The average molecular weight is 481 g/mol. The van der Waals surface area contributed by atoms with Crippen LogP contribution in [0.15, 0.2) is 41.3 Å². The van der Waals surface area contributed by atoms with E-state index in [0.29, 0.717) is 23.9 Å². The van der Waals surface area contributed by atoms with Crippen LogP contribution in [-0.4, -0.2) is 58.0 Å². The number of hydrogen-bond acceptors (Lipinski definition) is 5. The van der Waals surface area contributed by atoms with Gasteiger partial charge in [-0.1, -0.05) is 17.7 Å². The minimum atomic E-state index is -3.40. The number of halogens is 1. The Kier molecular flexibility index (Phi) is 8.09. The van der Waals surface area contributed by atoms with Crippen molar-refractivity contribution in [3.63, 3.8) is 0 Å². The smallest absolute Gasteiger partial charge is 0.243 e. The second-order valence-electron chi connectivity index (χ2n) is 8.62. The summed E-state index contributed by atoms with van der Waals surface area (Å²) in [5, 5.41) is 0. The zero-order valence-electron chi connectivity index (χ0n) is 19.0. The second kappa shape index (κ2) is 10.4. The molecule has 1 saturated heterocycles. The third-order valence-corrected chi connectivity index (χ3v) is 8.46. The van der Waals surface area contributed by atoms with Crippen LogP contribution < -0.4 is 9.47 Å². The van der Waals surface area contributed by atoms with Crippen molar-refractivity contribution in [2.75, 3.05) is 40.4 Å². The van der Waals surface area contributed by atoms with Crippen LogP contribution in [0.2, 0.25) is 0 Å². The van der Waals surface area contributed by atoms with Crippen LogP contribution in [0.25, 0.3) is 0 Å². The molecule has 4 rings (SSSR count). The molecule has 2 heterocycles. The predicted octanol–water partition coefficient (Wildman–Crippen LogP) is 3.89. The Morgan fingerprint density at radius 2 is 1.53 bits per heavy atom. The van der Waals surface area contributed by atoms with E-state index in [4.69, 9.17) is 9.47 Å². The molecule has 6 nitrogen and oxygen atoms in total. The summed E-state index contributed by atoms with van der Waals surface area (Å²) in [6, 6.07) is 11.3. The second-order valence-corrected chi connectivity index (χ2v) is 10.6. The van der Waals surface area contributed by atoms with Crippen molar-refractivity contribution >= 4 is 22.4 Å². The molecule has 0 aromatic heterocycles. The zero-order chi connectivity index (χ0) is 22.0. The van der Waals surface area contributed by atoms with Crippen molar-refractivity contribution in [3.05, 3.63) is 53.1 Å². The van der Waals surface area contributed by atoms with Gasteiger partial charge in [0.2, 0.25) is 10.0 Å². The Balaban J connectivity index is 0.00000289. The molecule has 0 aliphatic carbocycles. The molecule has 0 amide bonds. The summed E-state index contributed by atoms with van der Waals surface area (Å²) in [4.78, 5) is 2.89. The number of ether oxygens (including phenoxy) is 2. The standard InChI is InChI=1S/C24H32N2O4S.ClH/c1-18-4-6-22(7-5-18)31(27,28)26-12-8-19(9-13-26)16-25-11-10-20-14-23(29-2)24(30-3)15-21(20)17-25;/h4-7,14-15,19H,8-13,16-17H2,1-3H3;1H. The first kappa shape index (κ1) is 24.8. The average Bonchev–Trinajstić information content (AvgIpc) is 2.78. The highest BCUT2D eigenvalue weighted by molar-refractivity contribution is 7.89. The van der Waals surface area contributed by atoms with E-state index in [0.717, 1.165) is 56.0 Å². The van der Waals surface area contributed by atoms with E-state index in [1.54, 1.807) is 30.7 Å². The van der Waals surface area contributed by atoms with Gasteiger partial charge >= 0.3 is 0 Å². The SMILES string of the molecule is COc1cc2c(cc1OC)CN(CC1CCN(S(=O)(=O)c3ccc(C)cc3)CC1)CC2.Cl. The molecule has 0 radical (unpaired) electrons. The first-order chi connectivity index (χ1) is 14.9. The number of fused-ring (bicyclic) bond motifs is 1. The van der Waals surface area contributed by atoms with E-state index < -0.39 is 10.0 Å². The van der Waals surface area contributed by atoms with E-state index >= 15 is 0 Å². The molecule has 0 bridgehead atoms. The third kappa shape index (κ3) is 5.22. The first-order valence-corrected chi connectivity index (χ1v) is 12.4. The molecule has 0 spiro atoms. The number of aryl methyl sites for hydroxylation is 1. The Morgan fingerprint density at radius 1 is 0.938 bits per heavy atom. The monoisotopic (exact) mass is 480 g/mol. The highest BCUT2D eigenvalue weighted by atomic mass is 35.5. The van der Waals surface area contributed by atoms with Crippen LogP contribution in [0, 0.1) is 12.8 Å². The maximum Gasteiger partial charge on any atom is 0.243 e. The van der Waals surface area contributed by atoms with Crippen LogP contribution in [0.4, 0.5) is 0 Å². The summed E-state index contributed by atoms with van der Waals surface area (Å²) in [5.74, 6) is 2.08. The molecular formula is C24H33ClN2O4S. The molecule has 0 atom stereocenters. The lowest BCUT2D eigenvalue weighted by molar-refractivity contribution is 0.171. The van der Waals surface area contributed by atoms with Gasteiger partial charge in [-0.15, -0.1) is 12.4 Å². The highest BCUT2D eigenvalue weighted by Crippen LogP contribution is 2.34. The quantitative estimate of drug-likeness (QED) is 0.627. The summed E-state index contributed by atoms with van der Waals surface area (Å²) in [6.07, 6.45) is 2.80. The molecule has 2 aromatic carbocycles. The summed E-state index contributed by atoms with van der Waals surface area (Å²) in [6.45, 7) is 6.08. The summed E-state index contributed by atoms with van der Waals surface area (Å²) in [7, 11) is -0.0543. The largest absolute Gasteiger partial charge is 0.493 e. The molecule has 0 N–H and O–H groups in total. The van der Waals surface area contributed by atoms with Gasteiger partial charge in [-0.3, -0.25) is 4.90 Å². The van der Waals surface area contributed by atoms with E-state index in [9.17, 15) is 8.42 Å². The lowest BCUT2D eigenvalue weighted by Gasteiger charge is -2.36. The number of nitrogens with zero attached hydrogens (tertiary/aromatic N) is 2. The molecule has 2 aromatic rings. The van der Waals surface area contributed by atoms with Gasteiger partial charge in [-0.05, 0) is 67.5 Å². The maximum atomic E-state index is 12.9. The minimum Gasteiger partial charge on any atom is -0.493 e. The number of sulfonamides is 1. The molecule has 8 heteroatoms. The van der Waals surface area contributed by atoms with E-state index in [1.807, 2.05) is 19.1 Å². The Hall–Kier alpha value is -1.80. The minimum absolute atomic E-state index is 0. The van der Waals surface area contributed by atoms with Gasteiger partial charge in [0.25, 0.3) is 0 Å². The molecule has 0 unspecified atom stereocenters. The summed E-state index contributed by atoms with van der Waals surface area (Å²) >= 11 is 0. The number of benzene rings is 2. The molecular weight excluding hydrogens is 448 g/mol. The number of hydrogen-bond donors (Lipinski definition) is 0. The predicted molar refractivity (Wildman–Crippen MR) is 128 cm³/mol. The Bertz CT molecular complexity index is 1020. The Morgan fingerprint density at radius 3 is 2.12 bits per heavy atom. The zero-order valence-corrected chi connectivity index (χ0v) is 20.7. The molecule has 32 heavy (non-hydrogen) atoms. The van der Waals surface area contributed by atoms with Crippen molar-refractivity contribution in [2.24, 2.45) is 5.92 Å². The number of rotatable bonds is 6. The van der Waals surface area contributed by atoms with Crippen LogP contribution in [0.3, 0.4) is 0 Å². The molecule has 0 saturated carbocycles. The molecule has 2 aliphatic heterocycles. The fraction of sp³-hybridized carbons (Fsp3) is 0.500. The fourth-order valence-electron chi connectivity index (χ4n) is 4.65. The molecule has 2 aliphatic rings. The van der Waals surface area contributed by atoms with E-state index in [1.165, 1.54) is 11.1 Å². The van der Waals surface area contributed by atoms with Gasteiger partial charge in [0.1, 0.15) is 0 Å². The van der Waals surface area contributed by atoms with Gasteiger partial charge in [-0.2, -0.15) is 4.31 Å². The first-order valence-electron chi connectivity index (χ1n) is 10.9.